The zero-order chi connectivity index (χ0) is 14.8. The summed E-state index contributed by atoms with van der Waals surface area (Å²) in [5.74, 6) is 0. The molecule has 1 aliphatic rings. The third-order valence-electron chi connectivity index (χ3n) is 5.06. The lowest BCUT2D eigenvalue weighted by molar-refractivity contribution is -0.0863. The van der Waals surface area contributed by atoms with E-state index in [1.807, 2.05) is 26.6 Å². The molecule has 0 saturated heterocycles. The van der Waals surface area contributed by atoms with Gasteiger partial charge in [-0.15, -0.1) is 0 Å². The number of hydrogen-bond donors (Lipinski definition) is 1. The number of likely N-dealkylation sites (N-methyl/N-ethyl adjacent to an activating group) is 1. The van der Waals surface area contributed by atoms with E-state index in [9.17, 15) is 0 Å². The summed E-state index contributed by atoms with van der Waals surface area (Å²) in [6, 6.07) is 2.28. The Morgan fingerprint density at radius 2 is 1.90 bits per heavy atom. The number of hydrogen-bond acceptors (Lipinski definition) is 3. The molecule has 3 nitrogen and oxygen atoms in total. The minimum Gasteiger partial charge on any atom is -0.376 e. The van der Waals surface area contributed by atoms with Crippen LogP contribution in [0.2, 0.25) is 0 Å². The van der Waals surface area contributed by atoms with Gasteiger partial charge in [-0.25, -0.2) is 0 Å². The Labute approximate surface area is 123 Å². The minimum atomic E-state index is -0.113. The summed E-state index contributed by atoms with van der Waals surface area (Å²) < 4.78 is 6.04. The van der Waals surface area contributed by atoms with Gasteiger partial charge in [0.1, 0.15) is 0 Å². The van der Waals surface area contributed by atoms with Gasteiger partial charge in [0.2, 0.25) is 0 Å². The molecule has 20 heavy (non-hydrogen) atoms. The van der Waals surface area contributed by atoms with Gasteiger partial charge in [0, 0.05) is 19.5 Å². The van der Waals surface area contributed by atoms with Crippen LogP contribution in [0.1, 0.15) is 56.7 Å². The van der Waals surface area contributed by atoms with E-state index in [1.165, 1.54) is 24.0 Å². The zero-order valence-electron chi connectivity index (χ0n) is 13.5. The maximum atomic E-state index is 6.04. The molecule has 112 valence electrons. The highest BCUT2D eigenvalue weighted by Crippen LogP contribution is 2.47. The van der Waals surface area contributed by atoms with Crippen molar-refractivity contribution in [1.82, 2.24) is 10.3 Å². The molecular weight excluding hydrogens is 248 g/mol. The van der Waals surface area contributed by atoms with Crippen molar-refractivity contribution in [3.05, 3.63) is 29.6 Å². The van der Waals surface area contributed by atoms with Crippen LogP contribution in [0.5, 0.6) is 0 Å². The van der Waals surface area contributed by atoms with E-state index in [1.54, 1.807) is 0 Å². The van der Waals surface area contributed by atoms with E-state index in [-0.39, 0.29) is 11.6 Å². The third kappa shape index (κ3) is 2.89. The van der Waals surface area contributed by atoms with Crippen molar-refractivity contribution in [1.29, 1.82) is 0 Å². The first-order valence-corrected chi connectivity index (χ1v) is 7.57. The fourth-order valence-corrected chi connectivity index (χ4v) is 3.44. The minimum absolute atomic E-state index is 0.113. The van der Waals surface area contributed by atoms with Gasteiger partial charge in [0.05, 0.1) is 11.6 Å². The number of pyridine rings is 1. The van der Waals surface area contributed by atoms with E-state index in [0.717, 1.165) is 12.8 Å². The summed E-state index contributed by atoms with van der Waals surface area (Å²) in [5, 5.41) is 3.48. The Hall–Kier alpha value is -0.930. The van der Waals surface area contributed by atoms with E-state index in [0.29, 0.717) is 5.41 Å². The SMILES string of the molecule is CNC(c1cnccc1C)C1(OC)CCC(C)(C)CC1. The maximum Gasteiger partial charge on any atom is 0.0873 e. The monoisotopic (exact) mass is 276 g/mol. The van der Waals surface area contributed by atoms with Crippen molar-refractivity contribution >= 4 is 0 Å². The Morgan fingerprint density at radius 1 is 1.25 bits per heavy atom. The molecule has 2 rings (SSSR count). The van der Waals surface area contributed by atoms with Gasteiger partial charge in [-0.3, -0.25) is 4.98 Å². The predicted molar refractivity (Wildman–Crippen MR) is 82.8 cm³/mol. The Morgan fingerprint density at radius 3 is 2.40 bits per heavy atom. The number of nitrogens with one attached hydrogen (secondary N) is 1. The summed E-state index contributed by atoms with van der Waals surface area (Å²) in [4.78, 5) is 4.31. The lowest BCUT2D eigenvalue weighted by Crippen LogP contribution is -2.48. The molecule has 1 saturated carbocycles. The van der Waals surface area contributed by atoms with E-state index < -0.39 is 0 Å². The quantitative estimate of drug-likeness (QED) is 0.911. The second-order valence-electron chi connectivity index (χ2n) is 6.89. The average Bonchev–Trinajstić information content (AvgIpc) is 2.44. The van der Waals surface area contributed by atoms with Crippen LogP contribution in [0.4, 0.5) is 0 Å². The maximum absolute atomic E-state index is 6.04. The summed E-state index contributed by atoms with van der Waals surface area (Å²) >= 11 is 0. The van der Waals surface area contributed by atoms with Crippen LogP contribution in [-0.4, -0.2) is 24.7 Å². The van der Waals surface area contributed by atoms with E-state index >= 15 is 0 Å². The lowest BCUT2D eigenvalue weighted by atomic mass is 9.67. The summed E-state index contributed by atoms with van der Waals surface area (Å²) in [7, 11) is 3.88. The van der Waals surface area contributed by atoms with Crippen molar-refractivity contribution in [3.63, 3.8) is 0 Å². The van der Waals surface area contributed by atoms with Crippen molar-refractivity contribution in [2.75, 3.05) is 14.2 Å². The molecule has 1 fully saturated rings. The molecule has 0 aromatic carbocycles. The van der Waals surface area contributed by atoms with Crippen LogP contribution in [0.3, 0.4) is 0 Å². The third-order valence-corrected chi connectivity index (χ3v) is 5.06. The summed E-state index contributed by atoms with van der Waals surface area (Å²) in [6.07, 6.45) is 8.44. The Kier molecular flexibility index (Phi) is 4.50. The van der Waals surface area contributed by atoms with E-state index in [2.05, 4.69) is 37.1 Å². The average molecular weight is 276 g/mol. The summed E-state index contributed by atoms with van der Waals surface area (Å²) in [6.45, 7) is 6.87. The first kappa shape index (κ1) is 15.5. The number of rotatable bonds is 4. The molecule has 0 spiro atoms. The lowest BCUT2D eigenvalue weighted by Gasteiger charge is -2.47. The number of aromatic nitrogens is 1. The van der Waals surface area contributed by atoms with Crippen molar-refractivity contribution in [3.8, 4) is 0 Å². The summed E-state index contributed by atoms with van der Waals surface area (Å²) in [5.41, 5.74) is 2.86. The molecular formula is C17H28N2O. The van der Waals surface area contributed by atoms with Crippen LogP contribution in [0.25, 0.3) is 0 Å². The molecule has 1 aliphatic carbocycles. The second kappa shape index (κ2) is 5.82. The molecule has 1 N–H and O–H groups in total. The first-order chi connectivity index (χ1) is 9.44. The smallest absolute Gasteiger partial charge is 0.0873 e. The van der Waals surface area contributed by atoms with Crippen molar-refractivity contribution < 1.29 is 4.74 Å². The van der Waals surface area contributed by atoms with Crippen molar-refractivity contribution in [2.24, 2.45) is 5.41 Å². The molecule has 3 heteroatoms. The standard InChI is InChI=1S/C17H28N2O/c1-13-6-11-19-12-14(13)15(18-4)17(20-5)9-7-16(2,3)8-10-17/h6,11-12,15,18H,7-10H2,1-5H3. The van der Waals surface area contributed by atoms with Crippen LogP contribution < -0.4 is 5.32 Å². The predicted octanol–water partition coefficient (Wildman–Crippen LogP) is 3.64. The molecule has 1 unspecified atom stereocenters. The topological polar surface area (TPSA) is 34.2 Å². The van der Waals surface area contributed by atoms with Crippen LogP contribution in [-0.2, 0) is 4.74 Å². The highest BCUT2D eigenvalue weighted by atomic mass is 16.5. The Bertz CT molecular complexity index is 446. The van der Waals surface area contributed by atoms with Gasteiger partial charge in [0.25, 0.3) is 0 Å². The van der Waals surface area contributed by atoms with Crippen LogP contribution >= 0.6 is 0 Å². The molecule has 0 aliphatic heterocycles. The number of nitrogens with zero attached hydrogens (tertiary/aromatic N) is 1. The number of aryl methyl sites for hydroxylation is 1. The van der Waals surface area contributed by atoms with Crippen molar-refractivity contribution in [2.45, 2.75) is 58.1 Å². The van der Waals surface area contributed by atoms with E-state index in [4.69, 9.17) is 4.74 Å². The fraction of sp³-hybridized carbons (Fsp3) is 0.706. The van der Waals surface area contributed by atoms with Gasteiger partial charge in [-0.05, 0) is 62.3 Å². The number of methoxy groups -OCH3 is 1. The van der Waals surface area contributed by atoms with Gasteiger partial charge < -0.3 is 10.1 Å². The molecule has 1 atom stereocenters. The molecule has 0 bridgehead atoms. The largest absolute Gasteiger partial charge is 0.376 e. The highest BCUT2D eigenvalue weighted by molar-refractivity contribution is 5.28. The second-order valence-corrected chi connectivity index (χ2v) is 6.89. The molecule has 1 aromatic rings. The highest BCUT2D eigenvalue weighted by Gasteiger charge is 2.44. The van der Waals surface area contributed by atoms with Gasteiger partial charge in [0.15, 0.2) is 0 Å². The van der Waals surface area contributed by atoms with Gasteiger partial charge in [-0.2, -0.15) is 0 Å². The molecule has 1 heterocycles. The van der Waals surface area contributed by atoms with Crippen LogP contribution in [0, 0.1) is 12.3 Å². The van der Waals surface area contributed by atoms with Gasteiger partial charge in [-0.1, -0.05) is 13.8 Å². The van der Waals surface area contributed by atoms with Gasteiger partial charge >= 0.3 is 0 Å². The normalized spacial score (nSPS) is 22.4. The molecule has 0 amide bonds. The zero-order valence-corrected chi connectivity index (χ0v) is 13.5. The van der Waals surface area contributed by atoms with Crippen LogP contribution in [0.15, 0.2) is 18.5 Å². The number of ether oxygens (including phenoxy) is 1. The fourth-order valence-electron chi connectivity index (χ4n) is 3.44. The molecule has 1 aromatic heterocycles. The molecule has 0 radical (unpaired) electrons. The first-order valence-electron chi connectivity index (χ1n) is 7.57. The Balaban J connectivity index is 2.32.